The van der Waals surface area contributed by atoms with Crippen molar-refractivity contribution in [2.24, 2.45) is 11.5 Å². The van der Waals surface area contributed by atoms with Crippen LogP contribution in [0.15, 0.2) is 48.5 Å². The lowest BCUT2D eigenvalue weighted by Crippen LogP contribution is -2.27. The lowest BCUT2D eigenvalue weighted by molar-refractivity contribution is -0.116. The van der Waals surface area contributed by atoms with Gasteiger partial charge < -0.3 is 32.5 Å². The van der Waals surface area contributed by atoms with E-state index in [0.717, 1.165) is 18.7 Å². The van der Waals surface area contributed by atoms with Crippen molar-refractivity contribution < 1.29 is 9.90 Å². The largest absolute Gasteiger partial charge is 0.507 e. The fourth-order valence-corrected chi connectivity index (χ4v) is 4.17. The van der Waals surface area contributed by atoms with Gasteiger partial charge in [0.15, 0.2) is 0 Å². The Morgan fingerprint density at radius 2 is 2.03 bits per heavy atom. The van der Waals surface area contributed by atoms with E-state index in [1.165, 1.54) is 0 Å². The van der Waals surface area contributed by atoms with Gasteiger partial charge in [0.05, 0.1) is 17.1 Å². The predicted octanol–water partition coefficient (Wildman–Crippen LogP) is 2.40. The van der Waals surface area contributed by atoms with Gasteiger partial charge in [0.1, 0.15) is 23.2 Å². The van der Waals surface area contributed by atoms with Crippen LogP contribution in [0.25, 0.3) is 22.4 Å². The molecule has 1 aliphatic rings. The number of phenols is 1. The summed E-state index contributed by atoms with van der Waals surface area (Å²) < 4.78 is 0. The molecule has 1 fully saturated rings. The number of nitrogens with zero attached hydrogens (tertiary/aromatic N) is 3. The Morgan fingerprint density at radius 1 is 1.24 bits per heavy atom. The van der Waals surface area contributed by atoms with Gasteiger partial charge in [0.2, 0.25) is 5.91 Å². The van der Waals surface area contributed by atoms with Gasteiger partial charge in [-0.15, -0.1) is 0 Å². The van der Waals surface area contributed by atoms with E-state index in [9.17, 15) is 15.2 Å². The zero-order valence-corrected chi connectivity index (χ0v) is 18.7. The molecular weight excluding hydrogens is 430 g/mol. The first kappa shape index (κ1) is 23.0. The van der Waals surface area contributed by atoms with Gasteiger partial charge in [-0.3, -0.25) is 4.79 Å². The molecule has 0 aliphatic carbocycles. The van der Waals surface area contributed by atoms with Gasteiger partial charge in [0.25, 0.3) is 0 Å². The molecule has 1 saturated heterocycles. The van der Waals surface area contributed by atoms with E-state index >= 15 is 0 Å². The first-order chi connectivity index (χ1) is 16.4. The van der Waals surface area contributed by atoms with Crippen molar-refractivity contribution in [3.05, 3.63) is 54.1 Å². The number of pyridine rings is 1. The van der Waals surface area contributed by atoms with Crippen molar-refractivity contribution >= 4 is 23.1 Å². The Bertz CT molecular complexity index is 1270. The number of carbonyl (C=O) groups excluding carboxylic acids is 1. The van der Waals surface area contributed by atoms with E-state index in [1.807, 2.05) is 18.2 Å². The number of hydrogen-bond donors (Lipinski definition) is 5. The molecule has 3 aromatic rings. The van der Waals surface area contributed by atoms with Gasteiger partial charge in [-0.25, -0.2) is 4.98 Å². The fraction of sp³-hybridized carbons (Fsp3) is 0.240. The number of amides is 1. The second-order valence-corrected chi connectivity index (χ2v) is 8.26. The van der Waals surface area contributed by atoms with Crippen LogP contribution in [0.1, 0.15) is 18.4 Å². The molecule has 9 nitrogen and oxygen atoms in total. The number of anilines is 3. The molecule has 34 heavy (non-hydrogen) atoms. The van der Waals surface area contributed by atoms with Crippen molar-refractivity contribution in [3.63, 3.8) is 0 Å². The normalized spacial score (nSPS) is 15.2. The number of rotatable bonds is 6. The highest BCUT2D eigenvalue weighted by Gasteiger charge is 2.23. The SMILES string of the molecule is N#Cc1c(-c2ccc(N3CCC(N)C3)c(NC(=O)CCN)c2)cc(-c2ccccc2O)nc1N. The lowest BCUT2D eigenvalue weighted by atomic mass is 9.97. The molecule has 0 saturated carbocycles. The van der Waals surface area contributed by atoms with Crippen LogP contribution in [-0.4, -0.2) is 41.7 Å². The summed E-state index contributed by atoms with van der Waals surface area (Å²) in [5, 5.41) is 23.0. The summed E-state index contributed by atoms with van der Waals surface area (Å²) in [4.78, 5) is 18.9. The lowest BCUT2D eigenvalue weighted by Gasteiger charge is -2.23. The molecule has 2 heterocycles. The summed E-state index contributed by atoms with van der Waals surface area (Å²) in [5.41, 5.74) is 21.6. The Labute approximate surface area is 197 Å². The zero-order valence-electron chi connectivity index (χ0n) is 18.7. The molecule has 0 spiro atoms. The number of benzene rings is 2. The second-order valence-electron chi connectivity index (χ2n) is 8.26. The van der Waals surface area contributed by atoms with Gasteiger partial charge in [0, 0.05) is 43.2 Å². The summed E-state index contributed by atoms with van der Waals surface area (Å²) in [6.45, 7) is 1.70. The summed E-state index contributed by atoms with van der Waals surface area (Å²) in [7, 11) is 0. The van der Waals surface area contributed by atoms with Crippen LogP contribution in [0.4, 0.5) is 17.2 Å². The van der Waals surface area contributed by atoms with E-state index < -0.39 is 0 Å². The number of nitriles is 1. The molecule has 4 rings (SSSR count). The van der Waals surface area contributed by atoms with E-state index in [4.69, 9.17) is 17.2 Å². The van der Waals surface area contributed by atoms with Crippen molar-refractivity contribution in [2.45, 2.75) is 18.9 Å². The van der Waals surface area contributed by atoms with Gasteiger partial charge >= 0.3 is 0 Å². The number of aromatic nitrogens is 1. The summed E-state index contributed by atoms with van der Waals surface area (Å²) in [6, 6.07) is 16.3. The van der Waals surface area contributed by atoms with Crippen molar-refractivity contribution in [2.75, 3.05) is 35.6 Å². The summed E-state index contributed by atoms with van der Waals surface area (Å²) in [5.74, 6) is -0.0869. The maximum Gasteiger partial charge on any atom is 0.225 e. The van der Waals surface area contributed by atoms with E-state index in [1.54, 1.807) is 30.3 Å². The van der Waals surface area contributed by atoms with Crippen molar-refractivity contribution in [1.29, 1.82) is 5.26 Å². The Morgan fingerprint density at radius 3 is 2.71 bits per heavy atom. The van der Waals surface area contributed by atoms with Crippen LogP contribution in [0, 0.1) is 11.3 Å². The maximum absolute atomic E-state index is 12.4. The molecule has 9 heteroatoms. The minimum atomic E-state index is -0.200. The number of nitrogens with two attached hydrogens (primary N) is 3. The van der Waals surface area contributed by atoms with Crippen LogP contribution in [0.2, 0.25) is 0 Å². The molecule has 1 aliphatic heterocycles. The fourth-order valence-electron chi connectivity index (χ4n) is 4.17. The highest BCUT2D eigenvalue weighted by Crippen LogP contribution is 2.38. The maximum atomic E-state index is 12.4. The molecule has 1 atom stereocenters. The van der Waals surface area contributed by atoms with Gasteiger partial charge in [-0.1, -0.05) is 18.2 Å². The first-order valence-corrected chi connectivity index (χ1v) is 11.0. The predicted molar refractivity (Wildman–Crippen MR) is 133 cm³/mol. The molecule has 1 amide bonds. The number of nitrogens with one attached hydrogen (secondary N) is 1. The Balaban J connectivity index is 1.84. The average Bonchev–Trinajstić information content (AvgIpc) is 3.25. The molecule has 1 aromatic heterocycles. The number of phenolic OH excluding ortho intramolecular Hbond substituents is 1. The third-order valence-corrected chi connectivity index (χ3v) is 5.86. The minimum Gasteiger partial charge on any atom is -0.507 e. The average molecular weight is 458 g/mol. The van der Waals surface area contributed by atoms with Crippen LogP contribution < -0.4 is 27.4 Å². The number of aromatic hydroxyl groups is 1. The molecule has 174 valence electrons. The molecular formula is C25H27N7O2. The highest BCUT2D eigenvalue weighted by molar-refractivity contribution is 5.96. The minimum absolute atomic E-state index is 0.0560. The second kappa shape index (κ2) is 9.79. The number of carbonyl (C=O) groups is 1. The van der Waals surface area contributed by atoms with E-state index in [-0.39, 0.29) is 42.0 Å². The third-order valence-electron chi connectivity index (χ3n) is 5.86. The van der Waals surface area contributed by atoms with Gasteiger partial charge in [-0.2, -0.15) is 5.26 Å². The Kier molecular flexibility index (Phi) is 6.63. The number of hydrogen-bond acceptors (Lipinski definition) is 8. The first-order valence-electron chi connectivity index (χ1n) is 11.0. The topological polar surface area (TPSA) is 167 Å². The summed E-state index contributed by atoms with van der Waals surface area (Å²) >= 11 is 0. The van der Waals surface area contributed by atoms with Crippen molar-refractivity contribution in [3.8, 4) is 34.2 Å². The molecule has 8 N–H and O–H groups in total. The Hall–Kier alpha value is -4.13. The van der Waals surface area contributed by atoms with Crippen LogP contribution >= 0.6 is 0 Å². The molecule has 1 unspecified atom stereocenters. The summed E-state index contributed by atoms with van der Waals surface area (Å²) in [6.07, 6.45) is 1.05. The van der Waals surface area contributed by atoms with Crippen LogP contribution in [0.3, 0.4) is 0 Å². The van der Waals surface area contributed by atoms with Gasteiger partial charge in [-0.05, 0) is 42.3 Å². The molecule has 2 aromatic carbocycles. The number of nitrogen functional groups attached to an aromatic ring is 1. The third kappa shape index (κ3) is 4.64. The quantitative estimate of drug-likeness (QED) is 0.376. The smallest absolute Gasteiger partial charge is 0.225 e. The number of para-hydroxylation sites is 1. The van der Waals surface area contributed by atoms with E-state index in [2.05, 4.69) is 21.3 Å². The van der Waals surface area contributed by atoms with Crippen LogP contribution in [0.5, 0.6) is 5.75 Å². The van der Waals surface area contributed by atoms with Crippen molar-refractivity contribution in [1.82, 2.24) is 4.98 Å². The highest BCUT2D eigenvalue weighted by atomic mass is 16.3. The molecule has 0 bridgehead atoms. The van der Waals surface area contributed by atoms with Crippen LogP contribution in [-0.2, 0) is 4.79 Å². The standard InChI is InChI=1S/C25H27N7O2/c26-9-7-24(34)30-21-11-15(5-6-22(21)32-10-8-16(28)14-32)18-12-20(31-25(29)19(18)13-27)17-3-1-2-4-23(17)33/h1-6,11-12,16,33H,7-10,14,26,28H2,(H2,29,31)(H,30,34). The molecule has 0 radical (unpaired) electrons. The van der Waals surface area contributed by atoms with E-state index in [0.29, 0.717) is 34.6 Å². The zero-order chi connectivity index (χ0) is 24.2. The monoisotopic (exact) mass is 457 g/mol.